The van der Waals surface area contributed by atoms with E-state index in [-0.39, 0.29) is 5.75 Å². The van der Waals surface area contributed by atoms with E-state index in [1.807, 2.05) is 12.1 Å². The monoisotopic (exact) mass is 251 g/mol. The number of aromatic hydroxyl groups is 1. The van der Waals surface area contributed by atoms with Gasteiger partial charge in [0.2, 0.25) is 0 Å². The maximum atomic E-state index is 9.34. The zero-order valence-corrected chi connectivity index (χ0v) is 11.0. The lowest BCUT2D eigenvalue weighted by molar-refractivity contribution is 0.478. The molecule has 0 saturated carbocycles. The van der Waals surface area contributed by atoms with Crippen molar-refractivity contribution in [3.63, 3.8) is 0 Å². The van der Waals surface area contributed by atoms with Crippen molar-refractivity contribution in [1.82, 2.24) is 0 Å². The molecule has 0 saturated heterocycles. The second-order valence-electron chi connectivity index (χ2n) is 4.47. The van der Waals surface area contributed by atoms with Crippen LogP contribution in [0.1, 0.15) is 30.0 Å². The smallest absolute Gasteiger partial charge is 0.138 e. The Bertz CT molecular complexity index is 618. The van der Waals surface area contributed by atoms with Crippen LogP contribution in [0, 0.1) is 11.8 Å². The first-order chi connectivity index (χ1) is 9.19. The van der Waals surface area contributed by atoms with Gasteiger partial charge < -0.3 is 10.8 Å². The summed E-state index contributed by atoms with van der Waals surface area (Å²) in [6.45, 7) is 2.17. The molecule has 0 heterocycles. The van der Waals surface area contributed by atoms with Gasteiger partial charge in [-0.1, -0.05) is 37.3 Å². The molecule has 0 atom stereocenters. The number of anilines is 1. The van der Waals surface area contributed by atoms with Crippen LogP contribution in [0.25, 0.3) is 0 Å². The molecule has 2 nitrogen and oxygen atoms in total. The molecule has 0 aromatic heterocycles. The van der Waals surface area contributed by atoms with Gasteiger partial charge in [0.25, 0.3) is 0 Å². The molecule has 3 N–H and O–H groups in total. The molecule has 0 unspecified atom stereocenters. The van der Waals surface area contributed by atoms with E-state index in [0.29, 0.717) is 5.69 Å². The predicted molar refractivity (Wildman–Crippen MR) is 78.9 cm³/mol. The van der Waals surface area contributed by atoms with E-state index in [4.69, 9.17) is 5.73 Å². The quantitative estimate of drug-likeness (QED) is 0.488. The number of phenols is 1. The molecular weight excluding hydrogens is 234 g/mol. The summed E-state index contributed by atoms with van der Waals surface area (Å²) in [6, 6.07) is 13.3. The second kappa shape index (κ2) is 5.97. The van der Waals surface area contributed by atoms with Gasteiger partial charge in [-0.2, -0.15) is 0 Å². The van der Waals surface area contributed by atoms with Crippen LogP contribution >= 0.6 is 0 Å². The average Bonchev–Trinajstić information content (AvgIpc) is 2.42. The number of hydrogen-bond donors (Lipinski definition) is 2. The summed E-state index contributed by atoms with van der Waals surface area (Å²) in [6.07, 6.45) is 2.25. The molecule has 19 heavy (non-hydrogen) atoms. The van der Waals surface area contributed by atoms with E-state index < -0.39 is 0 Å². The third-order valence-electron chi connectivity index (χ3n) is 2.87. The highest BCUT2D eigenvalue weighted by atomic mass is 16.3. The summed E-state index contributed by atoms with van der Waals surface area (Å²) in [5.74, 6) is 6.22. The summed E-state index contributed by atoms with van der Waals surface area (Å²) >= 11 is 0. The van der Waals surface area contributed by atoms with Gasteiger partial charge >= 0.3 is 0 Å². The van der Waals surface area contributed by atoms with Gasteiger partial charge in [-0.3, -0.25) is 0 Å². The SMILES string of the molecule is CCCc1ccc(C#Cc2ccc(O)c(N)c2)cc1. The molecule has 0 aliphatic carbocycles. The normalized spacial score (nSPS) is 9.74. The number of hydrogen-bond acceptors (Lipinski definition) is 2. The minimum Gasteiger partial charge on any atom is -0.506 e. The molecule has 2 rings (SSSR count). The van der Waals surface area contributed by atoms with Gasteiger partial charge in [0.15, 0.2) is 0 Å². The molecule has 2 aromatic carbocycles. The van der Waals surface area contributed by atoms with Crippen LogP contribution in [0.3, 0.4) is 0 Å². The first kappa shape index (κ1) is 13.0. The van der Waals surface area contributed by atoms with E-state index in [2.05, 4.69) is 30.9 Å². The Balaban J connectivity index is 2.16. The van der Waals surface area contributed by atoms with Gasteiger partial charge in [-0.15, -0.1) is 0 Å². The zero-order valence-electron chi connectivity index (χ0n) is 11.0. The Morgan fingerprint density at radius 1 is 1.00 bits per heavy atom. The predicted octanol–water partition coefficient (Wildman–Crippen LogP) is 3.33. The summed E-state index contributed by atoms with van der Waals surface area (Å²) in [4.78, 5) is 0. The van der Waals surface area contributed by atoms with Gasteiger partial charge in [0.1, 0.15) is 5.75 Å². The maximum Gasteiger partial charge on any atom is 0.138 e. The van der Waals surface area contributed by atoms with Crippen LogP contribution in [-0.4, -0.2) is 5.11 Å². The van der Waals surface area contributed by atoms with Crippen molar-refractivity contribution in [3.8, 4) is 17.6 Å². The van der Waals surface area contributed by atoms with Gasteiger partial charge in [0.05, 0.1) is 5.69 Å². The summed E-state index contributed by atoms with van der Waals surface area (Å²) < 4.78 is 0. The van der Waals surface area contributed by atoms with Crippen molar-refractivity contribution in [3.05, 3.63) is 59.2 Å². The van der Waals surface area contributed by atoms with E-state index >= 15 is 0 Å². The van der Waals surface area contributed by atoms with Gasteiger partial charge in [-0.05, 0) is 42.3 Å². The summed E-state index contributed by atoms with van der Waals surface area (Å²) in [7, 11) is 0. The lowest BCUT2D eigenvalue weighted by Gasteiger charge is -1.98. The first-order valence-corrected chi connectivity index (χ1v) is 6.38. The standard InChI is InChI=1S/C17H17NO/c1-2-3-13-4-6-14(7-5-13)8-9-15-10-11-17(19)16(18)12-15/h4-7,10-12,19H,2-3,18H2,1H3. The molecule has 0 spiro atoms. The van der Waals surface area contributed by atoms with Crippen LogP contribution in [0.5, 0.6) is 5.75 Å². The maximum absolute atomic E-state index is 9.34. The summed E-state index contributed by atoms with van der Waals surface area (Å²) in [5.41, 5.74) is 9.09. The van der Waals surface area contributed by atoms with Crippen LogP contribution in [0.2, 0.25) is 0 Å². The fourth-order valence-electron chi connectivity index (χ4n) is 1.82. The lowest BCUT2D eigenvalue weighted by Crippen LogP contribution is -1.86. The topological polar surface area (TPSA) is 46.2 Å². The van der Waals surface area contributed by atoms with Crippen LogP contribution < -0.4 is 5.73 Å². The van der Waals surface area contributed by atoms with Crippen molar-refractivity contribution < 1.29 is 5.11 Å². The van der Waals surface area contributed by atoms with E-state index in [1.165, 1.54) is 5.56 Å². The Morgan fingerprint density at radius 3 is 2.26 bits per heavy atom. The van der Waals surface area contributed by atoms with Crippen molar-refractivity contribution in [2.45, 2.75) is 19.8 Å². The molecule has 2 heteroatoms. The Hall–Kier alpha value is -2.40. The highest BCUT2D eigenvalue weighted by Gasteiger charge is 1.96. The molecular formula is C17H17NO. The molecule has 0 aliphatic rings. The fraction of sp³-hybridized carbons (Fsp3) is 0.176. The van der Waals surface area contributed by atoms with Crippen molar-refractivity contribution in [2.24, 2.45) is 0 Å². The highest BCUT2D eigenvalue weighted by Crippen LogP contribution is 2.19. The van der Waals surface area contributed by atoms with E-state index in [9.17, 15) is 5.11 Å². The number of aryl methyl sites for hydroxylation is 1. The first-order valence-electron chi connectivity index (χ1n) is 6.38. The van der Waals surface area contributed by atoms with Crippen LogP contribution in [0.15, 0.2) is 42.5 Å². The number of nitrogen functional groups attached to an aromatic ring is 1. The molecule has 0 amide bonds. The fourth-order valence-corrected chi connectivity index (χ4v) is 1.82. The third kappa shape index (κ3) is 3.53. The largest absolute Gasteiger partial charge is 0.506 e. The minimum atomic E-state index is 0.0921. The van der Waals surface area contributed by atoms with E-state index in [1.54, 1.807) is 18.2 Å². The van der Waals surface area contributed by atoms with Crippen molar-refractivity contribution in [2.75, 3.05) is 5.73 Å². The summed E-state index contributed by atoms with van der Waals surface area (Å²) in [5, 5.41) is 9.34. The Labute approximate surface area is 113 Å². The van der Waals surface area contributed by atoms with Crippen molar-refractivity contribution >= 4 is 5.69 Å². The van der Waals surface area contributed by atoms with Crippen LogP contribution in [-0.2, 0) is 6.42 Å². The second-order valence-corrected chi connectivity index (χ2v) is 4.47. The number of nitrogens with two attached hydrogens (primary N) is 1. The average molecular weight is 251 g/mol. The lowest BCUT2D eigenvalue weighted by atomic mass is 10.1. The molecule has 0 radical (unpaired) electrons. The number of phenolic OH excluding ortho intramolecular Hbond substituents is 1. The van der Waals surface area contributed by atoms with Crippen LogP contribution in [0.4, 0.5) is 5.69 Å². The van der Waals surface area contributed by atoms with Gasteiger partial charge in [0, 0.05) is 11.1 Å². The minimum absolute atomic E-state index is 0.0921. The number of benzene rings is 2. The zero-order chi connectivity index (χ0) is 13.7. The molecule has 2 aromatic rings. The molecule has 96 valence electrons. The molecule has 0 aliphatic heterocycles. The van der Waals surface area contributed by atoms with Crippen molar-refractivity contribution in [1.29, 1.82) is 0 Å². The Kier molecular flexibility index (Phi) is 4.10. The highest BCUT2D eigenvalue weighted by molar-refractivity contribution is 5.57. The Morgan fingerprint density at radius 2 is 1.63 bits per heavy atom. The third-order valence-corrected chi connectivity index (χ3v) is 2.87. The van der Waals surface area contributed by atoms with Gasteiger partial charge in [-0.25, -0.2) is 0 Å². The van der Waals surface area contributed by atoms with E-state index in [0.717, 1.165) is 24.0 Å². The molecule has 0 bridgehead atoms. The number of rotatable bonds is 2. The molecule has 0 fully saturated rings.